The largest absolute Gasteiger partial charge is 0.321 e. The van der Waals surface area contributed by atoms with E-state index < -0.39 is 10.0 Å². The van der Waals surface area contributed by atoms with Crippen molar-refractivity contribution in [3.8, 4) is 0 Å². The summed E-state index contributed by atoms with van der Waals surface area (Å²) in [5.41, 5.74) is 1.09. The van der Waals surface area contributed by atoms with E-state index >= 15 is 0 Å². The molecule has 0 fully saturated rings. The molecule has 2 aromatic carbocycles. The van der Waals surface area contributed by atoms with Crippen LogP contribution in [0.25, 0.3) is 10.8 Å². The van der Waals surface area contributed by atoms with Crippen molar-refractivity contribution in [2.75, 3.05) is 5.32 Å². The molecule has 0 radical (unpaired) electrons. The molecular weight excluding hydrogens is 240 g/mol. The van der Waals surface area contributed by atoms with Gasteiger partial charge in [-0.05, 0) is 18.2 Å². The van der Waals surface area contributed by atoms with Gasteiger partial charge in [-0.15, -0.1) is 0 Å². The summed E-state index contributed by atoms with van der Waals surface area (Å²) in [7, 11) is -3.79. The number of carbonyl (C=O) groups excluding carboxylic acids is 1. The highest BCUT2D eigenvalue weighted by molar-refractivity contribution is 7.89. The van der Waals surface area contributed by atoms with Gasteiger partial charge in [0.05, 0.1) is 4.90 Å². The third-order valence-electron chi connectivity index (χ3n) is 2.80. The minimum absolute atomic E-state index is 0.0367. The Labute approximate surface area is 97.3 Å². The predicted molar refractivity (Wildman–Crippen MR) is 63.3 cm³/mol. The van der Waals surface area contributed by atoms with Crippen molar-refractivity contribution < 1.29 is 13.2 Å². The van der Waals surface area contributed by atoms with Crippen LogP contribution in [-0.2, 0) is 10.0 Å². The van der Waals surface area contributed by atoms with E-state index in [-0.39, 0.29) is 10.8 Å². The molecule has 1 aliphatic rings. The van der Waals surface area contributed by atoms with Gasteiger partial charge in [-0.25, -0.2) is 13.6 Å². The maximum Gasteiger partial charge on any atom is 0.256 e. The van der Waals surface area contributed by atoms with E-state index in [0.717, 1.165) is 0 Å². The molecule has 0 atom stereocenters. The summed E-state index contributed by atoms with van der Waals surface area (Å²) in [6.07, 6.45) is 0. The monoisotopic (exact) mass is 248 g/mol. The van der Waals surface area contributed by atoms with Crippen LogP contribution in [0.3, 0.4) is 0 Å². The van der Waals surface area contributed by atoms with Crippen LogP contribution in [-0.4, -0.2) is 14.3 Å². The molecule has 1 aliphatic heterocycles. The molecule has 0 spiro atoms. The molecule has 3 rings (SSSR count). The van der Waals surface area contributed by atoms with Crippen LogP contribution in [0.2, 0.25) is 0 Å². The van der Waals surface area contributed by atoms with E-state index in [1.54, 1.807) is 18.2 Å². The molecule has 86 valence electrons. The maximum absolute atomic E-state index is 11.6. The van der Waals surface area contributed by atoms with E-state index in [9.17, 15) is 13.2 Å². The number of carbonyl (C=O) groups is 1. The molecule has 1 heterocycles. The van der Waals surface area contributed by atoms with Crippen molar-refractivity contribution in [1.82, 2.24) is 0 Å². The predicted octanol–water partition coefficient (Wildman–Crippen LogP) is 1.05. The quantitative estimate of drug-likeness (QED) is 0.790. The van der Waals surface area contributed by atoms with Crippen LogP contribution in [0.4, 0.5) is 5.69 Å². The summed E-state index contributed by atoms with van der Waals surface area (Å²) in [5, 5.41) is 8.91. The van der Waals surface area contributed by atoms with Gasteiger partial charge in [-0.2, -0.15) is 0 Å². The lowest BCUT2D eigenvalue weighted by Crippen LogP contribution is -2.12. The van der Waals surface area contributed by atoms with Gasteiger partial charge in [0.25, 0.3) is 5.91 Å². The van der Waals surface area contributed by atoms with Crippen molar-refractivity contribution in [2.45, 2.75) is 4.90 Å². The SMILES string of the molecule is NS(=O)(=O)c1ccc2c3c(cccc13)NC2=O. The summed E-state index contributed by atoms with van der Waals surface area (Å²) in [5.74, 6) is -0.225. The highest BCUT2D eigenvalue weighted by Crippen LogP contribution is 2.35. The lowest BCUT2D eigenvalue weighted by molar-refractivity contribution is 0.103. The number of nitrogens with two attached hydrogens (primary N) is 1. The highest BCUT2D eigenvalue weighted by atomic mass is 32.2. The normalized spacial score (nSPS) is 14.1. The molecule has 3 N–H and O–H groups in total. The molecule has 6 heteroatoms. The number of benzene rings is 2. The van der Waals surface area contributed by atoms with Gasteiger partial charge < -0.3 is 5.32 Å². The number of hydrogen-bond donors (Lipinski definition) is 2. The van der Waals surface area contributed by atoms with E-state index in [1.807, 2.05) is 0 Å². The summed E-state index contributed by atoms with van der Waals surface area (Å²) in [6.45, 7) is 0. The Balaban J connectivity index is 2.54. The van der Waals surface area contributed by atoms with Gasteiger partial charge in [-0.3, -0.25) is 4.79 Å². The Morgan fingerprint density at radius 3 is 2.59 bits per heavy atom. The van der Waals surface area contributed by atoms with Crippen molar-refractivity contribution in [2.24, 2.45) is 5.14 Å². The van der Waals surface area contributed by atoms with Crippen molar-refractivity contribution in [1.29, 1.82) is 0 Å². The van der Waals surface area contributed by atoms with Crippen LogP contribution in [0.1, 0.15) is 10.4 Å². The second kappa shape index (κ2) is 3.06. The molecule has 2 aromatic rings. The first kappa shape index (κ1) is 10.2. The molecule has 1 amide bonds. The third-order valence-corrected chi connectivity index (χ3v) is 3.77. The average molecular weight is 248 g/mol. The molecule has 5 nitrogen and oxygen atoms in total. The zero-order chi connectivity index (χ0) is 12.2. The number of nitrogens with one attached hydrogen (secondary N) is 1. The number of anilines is 1. The standard InChI is InChI=1S/C11H8N2O3S/c12-17(15,16)9-5-4-7-10-6(9)2-1-3-8(10)13-11(7)14/h1-5H,(H,13,14)(H2,12,15,16). The van der Waals surface area contributed by atoms with Crippen LogP contribution in [0, 0.1) is 0 Å². The Morgan fingerprint density at radius 2 is 1.88 bits per heavy atom. The Kier molecular flexibility index (Phi) is 1.84. The molecule has 0 saturated carbocycles. The summed E-state index contributed by atoms with van der Waals surface area (Å²) in [4.78, 5) is 11.7. The second-order valence-electron chi connectivity index (χ2n) is 3.84. The number of amides is 1. The minimum atomic E-state index is -3.79. The zero-order valence-corrected chi connectivity index (χ0v) is 9.41. The van der Waals surface area contributed by atoms with Crippen molar-refractivity contribution in [3.05, 3.63) is 35.9 Å². The van der Waals surface area contributed by atoms with Crippen molar-refractivity contribution >= 4 is 32.4 Å². The van der Waals surface area contributed by atoms with E-state index in [1.165, 1.54) is 12.1 Å². The lowest BCUT2D eigenvalue weighted by Gasteiger charge is -2.05. The number of sulfonamides is 1. The van der Waals surface area contributed by atoms with Crippen LogP contribution >= 0.6 is 0 Å². The second-order valence-corrected chi connectivity index (χ2v) is 5.37. The average Bonchev–Trinajstić information content (AvgIpc) is 2.57. The van der Waals surface area contributed by atoms with Gasteiger partial charge in [-0.1, -0.05) is 12.1 Å². The summed E-state index contributed by atoms with van der Waals surface area (Å²) < 4.78 is 22.9. The van der Waals surface area contributed by atoms with Gasteiger partial charge in [0.1, 0.15) is 0 Å². The first-order valence-electron chi connectivity index (χ1n) is 4.88. The van der Waals surface area contributed by atoms with Crippen LogP contribution < -0.4 is 10.5 Å². The van der Waals surface area contributed by atoms with Gasteiger partial charge in [0, 0.05) is 22.0 Å². The maximum atomic E-state index is 11.6. The van der Waals surface area contributed by atoms with Gasteiger partial charge in [0.2, 0.25) is 10.0 Å². The molecule has 17 heavy (non-hydrogen) atoms. The van der Waals surface area contributed by atoms with E-state index in [0.29, 0.717) is 22.0 Å². The fourth-order valence-corrected chi connectivity index (χ4v) is 2.85. The third kappa shape index (κ3) is 1.35. The highest BCUT2D eigenvalue weighted by Gasteiger charge is 2.24. The zero-order valence-electron chi connectivity index (χ0n) is 8.60. The fraction of sp³-hybridized carbons (Fsp3) is 0. The molecule has 0 unspecified atom stereocenters. The molecule has 0 aliphatic carbocycles. The lowest BCUT2D eigenvalue weighted by atomic mass is 10.1. The molecule has 0 aromatic heterocycles. The Hall–Kier alpha value is -1.92. The summed E-state index contributed by atoms with van der Waals surface area (Å²) in [6, 6.07) is 7.89. The minimum Gasteiger partial charge on any atom is -0.321 e. The topological polar surface area (TPSA) is 89.3 Å². The number of hydrogen-bond acceptors (Lipinski definition) is 3. The smallest absolute Gasteiger partial charge is 0.256 e. The first-order valence-corrected chi connectivity index (χ1v) is 6.43. The van der Waals surface area contributed by atoms with Crippen LogP contribution in [0.5, 0.6) is 0 Å². The van der Waals surface area contributed by atoms with Crippen molar-refractivity contribution in [3.63, 3.8) is 0 Å². The van der Waals surface area contributed by atoms with E-state index in [2.05, 4.69) is 5.32 Å². The number of primary sulfonamides is 1. The molecule has 0 saturated heterocycles. The van der Waals surface area contributed by atoms with Gasteiger partial charge in [0.15, 0.2) is 0 Å². The number of rotatable bonds is 1. The molecular formula is C11H8N2O3S. The van der Waals surface area contributed by atoms with Crippen LogP contribution in [0.15, 0.2) is 35.2 Å². The summed E-state index contributed by atoms with van der Waals surface area (Å²) >= 11 is 0. The first-order chi connectivity index (χ1) is 7.98. The van der Waals surface area contributed by atoms with E-state index in [4.69, 9.17) is 5.14 Å². The Morgan fingerprint density at radius 1 is 1.12 bits per heavy atom. The van der Waals surface area contributed by atoms with Gasteiger partial charge >= 0.3 is 0 Å². The Bertz CT molecular complexity index is 766. The fourth-order valence-electron chi connectivity index (χ4n) is 2.11. The molecule has 0 bridgehead atoms.